The average molecular weight is 747 g/mol. The Kier molecular flexibility index (Phi) is 11.3. The van der Waals surface area contributed by atoms with Gasteiger partial charge in [-0.3, -0.25) is 9.59 Å². The van der Waals surface area contributed by atoms with Crippen LogP contribution in [0.5, 0.6) is 0 Å². The van der Waals surface area contributed by atoms with Crippen LogP contribution in [0.1, 0.15) is 70.4 Å². The summed E-state index contributed by atoms with van der Waals surface area (Å²) >= 11 is 0. The minimum Gasteiger partial charge on any atom is -0.444 e. The molecule has 3 amide bonds. The highest BCUT2D eigenvalue weighted by molar-refractivity contribution is 7.89. The first-order valence-corrected chi connectivity index (χ1v) is 19.8. The number of carbonyl (C=O) groups is 3. The van der Waals surface area contributed by atoms with E-state index in [1.807, 2.05) is 58.0 Å². The first-order valence-electron chi connectivity index (χ1n) is 18.3. The summed E-state index contributed by atoms with van der Waals surface area (Å²) in [6, 6.07) is 17.1. The van der Waals surface area contributed by atoms with Gasteiger partial charge < -0.3 is 36.4 Å². The summed E-state index contributed by atoms with van der Waals surface area (Å²) in [5.41, 5.74) is 4.73. The number of sulfonamides is 1. The van der Waals surface area contributed by atoms with Crippen LogP contribution in [-0.4, -0.2) is 62.0 Å². The largest absolute Gasteiger partial charge is 0.444 e. The van der Waals surface area contributed by atoms with Crippen LogP contribution in [0.2, 0.25) is 0 Å². The van der Waals surface area contributed by atoms with Crippen molar-refractivity contribution in [2.24, 2.45) is 11.8 Å². The number of amides is 3. The van der Waals surface area contributed by atoms with Gasteiger partial charge in [-0.15, -0.1) is 0 Å². The number of hydrogen-bond donors (Lipinski definition) is 7. The number of carbonyl (C=O) groups excluding carboxylic acids is 3. The second-order valence-electron chi connectivity index (χ2n) is 15.4. The van der Waals surface area contributed by atoms with Gasteiger partial charge in [-0.2, -0.15) is 0 Å². The molecule has 0 radical (unpaired) electrons. The lowest BCUT2D eigenvalue weighted by molar-refractivity contribution is -0.130. The fourth-order valence-electron chi connectivity index (χ4n) is 6.77. The number of fused-ring (bicyclic) bond motifs is 1. The Morgan fingerprint density at radius 2 is 1.60 bits per heavy atom. The van der Waals surface area contributed by atoms with Gasteiger partial charge in [0.1, 0.15) is 11.6 Å². The number of nitrogens with one attached hydrogen (secondary N) is 6. The van der Waals surface area contributed by atoms with Crippen molar-refractivity contribution in [2.75, 3.05) is 22.5 Å². The summed E-state index contributed by atoms with van der Waals surface area (Å²) < 4.78 is 33.5. The first-order chi connectivity index (χ1) is 25.1. The van der Waals surface area contributed by atoms with Gasteiger partial charge in [0.25, 0.3) is 0 Å². The van der Waals surface area contributed by atoms with Crippen molar-refractivity contribution in [3.8, 4) is 11.1 Å². The van der Waals surface area contributed by atoms with E-state index in [-0.39, 0.29) is 41.0 Å². The van der Waals surface area contributed by atoms with Crippen LogP contribution in [0.25, 0.3) is 11.1 Å². The lowest BCUT2D eigenvalue weighted by Gasteiger charge is -2.29. The molecule has 2 unspecified atom stereocenters. The predicted molar refractivity (Wildman–Crippen MR) is 204 cm³/mol. The Labute approximate surface area is 311 Å². The molecule has 1 aliphatic heterocycles. The zero-order valence-electron chi connectivity index (χ0n) is 30.6. The van der Waals surface area contributed by atoms with Crippen molar-refractivity contribution in [1.29, 1.82) is 0 Å². The van der Waals surface area contributed by atoms with Crippen LogP contribution in [0, 0.1) is 18.8 Å². The van der Waals surface area contributed by atoms with Crippen LogP contribution in [0.4, 0.5) is 21.9 Å². The first kappa shape index (κ1) is 38.1. The van der Waals surface area contributed by atoms with E-state index in [0.29, 0.717) is 36.4 Å². The van der Waals surface area contributed by atoms with Crippen molar-refractivity contribution >= 4 is 45.0 Å². The molecular weight excluding hydrogens is 697 g/mol. The number of rotatable bonds is 12. The Bertz CT molecular complexity index is 1930. The minimum absolute atomic E-state index is 0.0229. The van der Waals surface area contributed by atoms with Crippen molar-refractivity contribution < 1.29 is 32.6 Å². The molecule has 3 aromatic rings. The molecule has 2 aliphatic carbocycles. The van der Waals surface area contributed by atoms with E-state index < -0.39 is 34.1 Å². The van der Waals surface area contributed by atoms with Crippen LogP contribution in [-0.2, 0) is 30.8 Å². The maximum Gasteiger partial charge on any atom is 0.407 e. The Balaban J connectivity index is 1.12. The number of benzene rings is 3. The number of anilines is 3. The van der Waals surface area contributed by atoms with E-state index in [1.54, 1.807) is 30.3 Å². The average Bonchev–Trinajstić information content (AvgIpc) is 3.83. The molecule has 0 spiro atoms. The highest BCUT2D eigenvalue weighted by Crippen LogP contribution is 2.32. The Morgan fingerprint density at radius 3 is 2.26 bits per heavy atom. The summed E-state index contributed by atoms with van der Waals surface area (Å²) in [6.45, 7) is 7.81. The topological polar surface area (TPSA) is 187 Å². The monoisotopic (exact) mass is 746 g/mol. The Morgan fingerprint density at radius 1 is 0.906 bits per heavy atom. The Hall–Kier alpha value is -4.66. The normalized spacial score (nSPS) is 20.3. The van der Waals surface area contributed by atoms with E-state index >= 15 is 0 Å². The fraction of sp³-hybridized carbons (Fsp3) is 0.462. The molecule has 3 aromatic carbocycles. The van der Waals surface area contributed by atoms with Gasteiger partial charge in [0.05, 0.1) is 16.3 Å². The van der Waals surface area contributed by atoms with Gasteiger partial charge in [0.15, 0.2) is 0 Å². The standard InChI is InChI=1S/C39H50N6O7S/c1-23-19-30(53(50,51)45-28-13-14-28)16-17-31(23)26-9-5-24(6-10-26)20-34(36(47)41-29-15-18-32-33(21-29)44-37(48)43-32)42-35(46)27-11-7-25(8-12-27)22-40-38(49)52-39(2,3)4/h5-6,9-10,15-19,21,25,27-28,34,37,43-45,48H,7-8,11-14,20,22H2,1-4H3,(H,40,49)(H,41,47)(H,42,46). The van der Waals surface area contributed by atoms with Crippen molar-refractivity contribution in [2.45, 2.75) is 102 Å². The second-order valence-corrected chi connectivity index (χ2v) is 17.1. The molecule has 7 N–H and O–H groups in total. The summed E-state index contributed by atoms with van der Waals surface area (Å²) in [6.07, 6.45) is 3.38. The summed E-state index contributed by atoms with van der Waals surface area (Å²) in [5.74, 6) is -0.604. The van der Waals surface area contributed by atoms with Crippen molar-refractivity contribution in [1.82, 2.24) is 15.4 Å². The SMILES string of the molecule is Cc1cc(S(=O)(=O)NC2CC2)ccc1-c1ccc(CC(NC(=O)C2CCC(CNC(=O)OC(C)(C)C)CC2)C(=O)Nc2ccc3c(c2)NC(O)N3)cc1. The molecule has 0 saturated heterocycles. The number of ether oxygens (including phenoxy) is 1. The summed E-state index contributed by atoms with van der Waals surface area (Å²) in [5, 5.41) is 24.4. The molecule has 0 bridgehead atoms. The number of alkyl carbamates (subject to hydrolysis) is 1. The van der Waals surface area contributed by atoms with Crippen LogP contribution in [0.15, 0.2) is 65.6 Å². The lowest BCUT2D eigenvalue weighted by Crippen LogP contribution is -2.48. The van der Waals surface area contributed by atoms with Gasteiger partial charge in [-0.25, -0.2) is 17.9 Å². The van der Waals surface area contributed by atoms with E-state index in [0.717, 1.165) is 47.9 Å². The summed E-state index contributed by atoms with van der Waals surface area (Å²) in [7, 11) is -3.57. The predicted octanol–water partition coefficient (Wildman–Crippen LogP) is 5.21. The number of hydrogen-bond acceptors (Lipinski definition) is 9. The van der Waals surface area contributed by atoms with Crippen LogP contribution >= 0.6 is 0 Å². The quantitative estimate of drug-likeness (QED) is 0.131. The molecule has 284 valence electrons. The molecule has 14 heteroatoms. The van der Waals surface area contributed by atoms with Gasteiger partial charge in [-0.1, -0.05) is 30.3 Å². The van der Waals surface area contributed by atoms with E-state index in [1.165, 1.54) is 0 Å². The van der Waals surface area contributed by atoms with Crippen LogP contribution in [0.3, 0.4) is 0 Å². The smallest absolute Gasteiger partial charge is 0.407 e. The molecule has 3 aliphatic rings. The zero-order valence-corrected chi connectivity index (χ0v) is 31.4. The molecule has 2 saturated carbocycles. The molecule has 2 fully saturated rings. The molecule has 13 nitrogen and oxygen atoms in total. The maximum atomic E-state index is 13.8. The molecule has 1 heterocycles. The molecule has 2 atom stereocenters. The number of aliphatic hydroxyl groups excluding tert-OH is 1. The minimum atomic E-state index is -3.57. The van der Waals surface area contributed by atoms with Crippen molar-refractivity contribution in [3.05, 3.63) is 71.8 Å². The highest BCUT2D eigenvalue weighted by atomic mass is 32.2. The highest BCUT2D eigenvalue weighted by Gasteiger charge is 2.31. The summed E-state index contributed by atoms with van der Waals surface area (Å²) in [4.78, 5) is 39.8. The number of aliphatic hydroxyl groups is 1. The van der Waals surface area contributed by atoms with Gasteiger partial charge in [-0.05, 0) is 125 Å². The van der Waals surface area contributed by atoms with Gasteiger partial charge in [0.2, 0.25) is 28.2 Å². The molecular formula is C39H50N6O7S. The fourth-order valence-corrected chi connectivity index (χ4v) is 8.16. The van der Waals surface area contributed by atoms with Crippen molar-refractivity contribution in [3.63, 3.8) is 0 Å². The van der Waals surface area contributed by atoms with E-state index in [2.05, 4.69) is 31.3 Å². The van der Waals surface area contributed by atoms with E-state index in [9.17, 15) is 27.9 Å². The third-order valence-corrected chi connectivity index (χ3v) is 11.3. The zero-order chi connectivity index (χ0) is 37.9. The third-order valence-electron chi connectivity index (χ3n) is 9.77. The maximum absolute atomic E-state index is 13.8. The molecule has 53 heavy (non-hydrogen) atoms. The van der Waals surface area contributed by atoms with Crippen LogP contribution < -0.4 is 31.3 Å². The van der Waals surface area contributed by atoms with Gasteiger partial charge in [0, 0.05) is 30.6 Å². The molecule has 6 rings (SSSR count). The molecule has 0 aromatic heterocycles. The third kappa shape index (κ3) is 10.3. The second kappa shape index (κ2) is 15.7. The lowest BCUT2D eigenvalue weighted by atomic mass is 9.81. The van der Waals surface area contributed by atoms with Gasteiger partial charge >= 0.3 is 6.09 Å². The van der Waals surface area contributed by atoms with E-state index in [4.69, 9.17) is 4.74 Å². The number of aryl methyl sites for hydroxylation is 1.